The molecule has 3 rings (SSSR count). The average molecular weight is 306 g/mol. The van der Waals surface area contributed by atoms with E-state index in [0.29, 0.717) is 17.8 Å². The molecule has 1 heterocycles. The molecule has 1 aromatic rings. The summed E-state index contributed by atoms with van der Waals surface area (Å²) in [7, 11) is 0. The summed E-state index contributed by atoms with van der Waals surface area (Å²) >= 11 is 6.85. The molecule has 114 valence electrons. The lowest BCUT2D eigenvalue weighted by atomic mass is 9.66. The van der Waals surface area contributed by atoms with E-state index >= 15 is 0 Å². The summed E-state index contributed by atoms with van der Waals surface area (Å²) in [4.78, 5) is 11.4. The molecule has 0 spiro atoms. The highest BCUT2D eigenvalue weighted by Gasteiger charge is 2.37. The molecular formula is C18H24ClNO. The summed E-state index contributed by atoms with van der Waals surface area (Å²) in [6.07, 6.45) is 6.50. The molecule has 2 atom stereocenters. The molecule has 0 bridgehead atoms. The summed E-state index contributed by atoms with van der Waals surface area (Å²) in [5.74, 6) is 0.648. The molecule has 1 aliphatic carbocycles. The smallest absolute Gasteiger partial charge is 0.224 e. The Labute approximate surface area is 132 Å². The molecule has 1 N–H and O–H groups in total. The zero-order chi connectivity index (χ0) is 15.0. The first-order chi connectivity index (χ1) is 9.97. The van der Waals surface area contributed by atoms with Gasteiger partial charge in [-0.05, 0) is 47.8 Å². The Kier molecular flexibility index (Phi) is 4.00. The van der Waals surface area contributed by atoms with Crippen molar-refractivity contribution in [2.24, 2.45) is 11.3 Å². The summed E-state index contributed by atoms with van der Waals surface area (Å²) in [6, 6.07) is 6.32. The van der Waals surface area contributed by atoms with Crippen LogP contribution in [0.5, 0.6) is 0 Å². The van der Waals surface area contributed by atoms with Crippen molar-refractivity contribution < 1.29 is 4.79 Å². The van der Waals surface area contributed by atoms with Gasteiger partial charge in [-0.1, -0.05) is 38.8 Å². The molecule has 2 unspecified atom stereocenters. The molecule has 0 radical (unpaired) electrons. The maximum Gasteiger partial charge on any atom is 0.224 e. The molecule has 1 fully saturated rings. The third-order valence-corrected chi connectivity index (χ3v) is 5.84. The fourth-order valence-corrected chi connectivity index (χ4v) is 4.47. The summed E-state index contributed by atoms with van der Waals surface area (Å²) < 4.78 is 0. The minimum Gasteiger partial charge on any atom is -0.326 e. The Hall–Kier alpha value is -1.02. The molecule has 1 amide bonds. The van der Waals surface area contributed by atoms with Gasteiger partial charge in [0.05, 0.1) is 5.38 Å². The predicted octanol–water partition coefficient (Wildman–Crippen LogP) is 5.07. The topological polar surface area (TPSA) is 29.1 Å². The number of halogens is 1. The minimum atomic E-state index is 0.0724. The van der Waals surface area contributed by atoms with Crippen molar-refractivity contribution in [2.45, 2.75) is 57.7 Å². The van der Waals surface area contributed by atoms with Crippen LogP contribution in [-0.2, 0) is 11.2 Å². The Bertz CT molecular complexity index is 552. The van der Waals surface area contributed by atoms with Crippen LogP contribution in [-0.4, -0.2) is 5.91 Å². The third kappa shape index (κ3) is 2.96. The lowest BCUT2D eigenvalue weighted by molar-refractivity contribution is -0.116. The van der Waals surface area contributed by atoms with Crippen LogP contribution in [0.2, 0.25) is 0 Å². The molecule has 0 saturated heterocycles. The van der Waals surface area contributed by atoms with Crippen LogP contribution in [0.25, 0.3) is 0 Å². The van der Waals surface area contributed by atoms with E-state index in [1.807, 2.05) is 6.07 Å². The van der Waals surface area contributed by atoms with Crippen molar-refractivity contribution in [3.63, 3.8) is 0 Å². The number of amides is 1. The number of anilines is 1. The highest BCUT2D eigenvalue weighted by atomic mass is 35.5. The molecule has 2 nitrogen and oxygen atoms in total. The van der Waals surface area contributed by atoms with Gasteiger partial charge in [-0.2, -0.15) is 0 Å². The van der Waals surface area contributed by atoms with E-state index in [0.717, 1.165) is 12.1 Å². The number of nitrogens with one attached hydrogen (secondary N) is 1. The molecular weight excluding hydrogens is 282 g/mol. The van der Waals surface area contributed by atoms with Crippen LogP contribution >= 0.6 is 11.6 Å². The number of rotatable bonds is 2. The van der Waals surface area contributed by atoms with Gasteiger partial charge in [-0.25, -0.2) is 0 Å². The van der Waals surface area contributed by atoms with Crippen molar-refractivity contribution >= 4 is 23.2 Å². The number of benzene rings is 1. The van der Waals surface area contributed by atoms with E-state index in [4.69, 9.17) is 11.6 Å². The van der Waals surface area contributed by atoms with Gasteiger partial charge in [0.1, 0.15) is 0 Å². The summed E-state index contributed by atoms with van der Waals surface area (Å²) in [5, 5.41) is 3.01. The average Bonchev–Trinajstić information content (AvgIpc) is 2.45. The van der Waals surface area contributed by atoms with Crippen molar-refractivity contribution in [2.75, 3.05) is 5.32 Å². The largest absolute Gasteiger partial charge is 0.326 e. The van der Waals surface area contributed by atoms with E-state index < -0.39 is 0 Å². The maximum atomic E-state index is 11.4. The Morgan fingerprint density at radius 3 is 2.86 bits per heavy atom. The first-order valence-corrected chi connectivity index (χ1v) is 8.48. The maximum absolute atomic E-state index is 11.4. The second-order valence-electron chi connectivity index (χ2n) is 7.21. The van der Waals surface area contributed by atoms with Crippen molar-refractivity contribution in [1.29, 1.82) is 0 Å². The predicted molar refractivity (Wildman–Crippen MR) is 87.7 cm³/mol. The van der Waals surface area contributed by atoms with Gasteiger partial charge < -0.3 is 5.32 Å². The number of hydrogen-bond acceptors (Lipinski definition) is 1. The van der Waals surface area contributed by atoms with Crippen molar-refractivity contribution in [1.82, 2.24) is 0 Å². The highest BCUT2D eigenvalue weighted by molar-refractivity contribution is 6.21. The van der Waals surface area contributed by atoms with Crippen LogP contribution in [0.4, 0.5) is 5.69 Å². The number of hydrogen-bond donors (Lipinski definition) is 1. The number of carbonyl (C=O) groups excluding carboxylic acids is 1. The first-order valence-electron chi connectivity index (χ1n) is 8.04. The van der Waals surface area contributed by atoms with E-state index in [9.17, 15) is 4.79 Å². The lowest BCUT2D eigenvalue weighted by Gasteiger charge is -2.41. The normalized spacial score (nSPS) is 25.9. The first kappa shape index (κ1) is 14.9. The zero-order valence-electron chi connectivity index (χ0n) is 12.9. The van der Waals surface area contributed by atoms with Gasteiger partial charge in [0, 0.05) is 12.1 Å². The van der Waals surface area contributed by atoms with Crippen molar-refractivity contribution in [3.05, 3.63) is 29.3 Å². The van der Waals surface area contributed by atoms with Crippen LogP contribution < -0.4 is 5.32 Å². The van der Waals surface area contributed by atoms with E-state index in [-0.39, 0.29) is 11.3 Å². The number of fused-ring (bicyclic) bond motifs is 1. The van der Waals surface area contributed by atoms with E-state index in [2.05, 4.69) is 31.3 Å². The number of aryl methyl sites for hydroxylation is 1. The summed E-state index contributed by atoms with van der Waals surface area (Å²) in [6.45, 7) is 4.70. The van der Waals surface area contributed by atoms with Gasteiger partial charge >= 0.3 is 0 Å². The Balaban J connectivity index is 1.85. The third-order valence-electron chi connectivity index (χ3n) is 5.29. The second-order valence-corrected chi connectivity index (χ2v) is 7.68. The summed E-state index contributed by atoms with van der Waals surface area (Å²) in [5.41, 5.74) is 3.72. The fourth-order valence-electron chi connectivity index (χ4n) is 3.87. The molecule has 1 aromatic carbocycles. The van der Waals surface area contributed by atoms with Crippen LogP contribution in [0.1, 0.15) is 62.5 Å². The molecule has 1 aliphatic heterocycles. The molecule has 3 heteroatoms. The van der Waals surface area contributed by atoms with Gasteiger partial charge in [-0.15, -0.1) is 11.6 Å². The monoisotopic (exact) mass is 305 g/mol. The SMILES string of the molecule is CC1(C)CCCCC1C(Cl)c1ccc2c(c1)CCC(=O)N2. The molecule has 0 aromatic heterocycles. The van der Waals surface area contributed by atoms with E-state index in [1.54, 1.807) is 0 Å². The highest BCUT2D eigenvalue weighted by Crippen LogP contribution is 2.49. The minimum absolute atomic E-state index is 0.0724. The quantitative estimate of drug-likeness (QED) is 0.760. The van der Waals surface area contributed by atoms with Crippen molar-refractivity contribution in [3.8, 4) is 0 Å². The van der Waals surface area contributed by atoms with Gasteiger partial charge in [0.15, 0.2) is 0 Å². The van der Waals surface area contributed by atoms with Gasteiger partial charge in [0.25, 0.3) is 0 Å². The Morgan fingerprint density at radius 1 is 1.29 bits per heavy atom. The second kappa shape index (κ2) is 5.64. The number of carbonyl (C=O) groups is 1. The van der Waals surface area contributed by atoms with Gasteiger partial charge in [-0.3, -0.25) is 4.79 Å². The lowest BCUT2D eigenvalue weighted by Crippen LogP contribution is -2.31. The molecule has 21 heavy (non-hydrogen) atoms. The molecule has 2 aliphatic rings. The Morgan fingerprint density at radius 2 is 2.10 bits per heavy atom. The van der Waals surface area contributed by atoms with Crippen LogP contribution in [0.15, 0.2) is 18.2 Å². The fraction of sp³-hybridized carbons (Fsp3) is 0.611. The standard InChI is InChI=1S/C18H24ClNO/c1-18(2)10-4-3-5-14(18)17(19)13-6-8-15-12(11-13)7-9-16(21)20-15/h6,8,11,14,17H,3-5,7,9-10H2,1-2H3,(H,20,21). The van der Waals surface area contributed by atoms with Crippen LogP contribution in [0.3, 0.4) is 0 Å². The van der Waals surface area contributed by atoms with E-state index in [1.165, 1.54) is 36.8 Å². The van der Waals surface area contributed by atoms with Crippen LogP contribution in [0, 0.1) is 11.3 Å². The van der Waals surface area contributed by atoms with Gasteiger partial charge in [0.2, 0.25) is 5.91 Å². The zero-order valence-corrected chi connectivity index (χ0v) is 13.7. The molecule has 1 saturated carbocycles. The number of alkyl halides is 1.